The Morgan fingerprint density at radius 2 is 0.761 bits per heavy atom. The second kappa shape index (κ2) is 28.7. The van der Waals surface area contributed by atoms with Crippen LogP contribution < -0.4 is 47.4 Å². The third kappa shape index (κ3) is 11.6. The minimum Gasteiger partial charge on any atom is -0.490 e. The topological polar surface area (TPSA) is 111 Å². The van der Waals surface area contributed by atoms with Gasteiger partial charge in [-0.25, -0.2) is 0 Å². The monoisotopic (exact) mass is 1240 g/mol. The van der Waals surface area contributed by atoms with Gasteiger partial charge in [-0.2, -0.15) is 0 Å². The smallest absolute Gasteiger partial charge is 0.231 e. The first-order valence-corrected chi connectivity index (χ1v) is 35.3. The van der Waals surface area contributed by atoms with Crippen molar-refractivity contribution in [1.82, 2.24) is 0 Å². The van der Waals surface area contributed by atoms with Gasteiger partial charge in [0.2, 0.25) is 20.4 Å². The van der Waals surface area contributed by atoms with E-state index in [0.717, 1.165) is 148 Å². The Kier molecular flexibility index (Phi) is 19.3. The van der Waals surface area contributed by atoms with Crippen molar-refractivity contribution in [3.05, 3.63) is 122 Å². The Hall–Kier alpha value is -7.70. The van der Waals surface area contributed by atoms with Gasteiger partial charge in [-0.3, -0.25) is 0 Å². The van der Waals surface area contributed by atoms with Gasteiger partial charge < -0.3 is 56.8 Å². The summed E-state index contributed by atoms with van der Waals surface area (Å²) in [5, 5.41) is 6.37. The van der Waals surface area contributed by atoms with E-state index < -0.39 is 6.10 Å². The first kappa shape index (κ1) is 61.8. The number of hydrogen-bond donors (Lipinski definition) is 0. The number of ether oxygens (including phenoxy) is 12. The normalized spacial score (nSPS) is 16.7. The van der Waals surface area contributed by atoms with Crippen LogP contribution in [0.4, 0.5) is 0 Å². The molecule has 12 nitrogen and oxygen atoms in total. The van der Waals surface area contributed by atoms with Crippen LogP contribution in [0.15, 0.2) is 60.4 Å². The lowest BCUT2D eigenvalue weighted by atomic mass is 9.79. The summed E-state index contributed by atoms with van der Waals surface area (Å²) in [5.41, 5.74) is 11.9. The molecule has 0 N–H and O–H groups in total. The molecule has 0 amide bonds. The first-order valence-electron chi connectivity index (χ1n) is 35.3. The minimum atomic E-state index is -0.588. The van der Waals surface area contributed by atoms with Gasteiger partial charge in [0, 0.05) is 93.5 Å². The van der Waals surface area contributed by atoms with E-state index in [-0.39, 0.29) is 27.2 Å². The van der Waals surface area contributed by atoms with Gasteiger partial charge in [0.15, 0.2) is 64.3 Å². The quantitative estimate of drug-likeness (QED) is 0.0436. The lowest BCUT2D eigenvalue weighted by molar-refractivity contribution is -0.0676. The van der Waals surface area contributed by atoms with E-state index in [4.69, 9.17) is 56.8 Å². The summed E-state index contributed by atoms with van der Waals surface area (Å²) in [4.78, 5) is 0. The molecule has 6 aromatic carbocycles. The molecule has 6 aliphatic carbocycles. The third-order valence-electron chi connectivity index (χ3n) is 19.9. The van der Waals surface area contributed by atoms with Crippen LogP contribution in [0.25, 0.3) is 62.2 Å². The van der Waals surface area contributed by atoms with E-state index in [0.29, 0.717) is 98.8 Å². The van der Waals surface area contributed by atoms with Gasteiger partial charge in [-0.15, -0.1) is 0 Å². The highest BCUT2D eigenvalue weighted by Gasteiger charge is 2.40. The molecule has 0 radical (unpaired) electrons. The molecule has 6 aromatic rings. The van der Waals surface area contributed by atoms with Crippen LogP contribution in [0.2, 0.25) is 0 Å². The Balaban J connectivity index is 0.750. The van der Waals surface area contributed by atoms with Crippen LogP contribution in [0.1, 0.15) is 223 Å². The van der Waals surface area contributed by atoms with E-state index in [1.807, 2.05) is 13.8 Å². The fraction of sp³-hybridized carbons (Fsp3) is 0.475. The molecule has 484 valence electrons. The third-order valence-corrected chi connectivity index (χ3v) is 19.9. The number of rotatable bonds is 28. The maximum Gasteiger partial charge on any atom is 0.231 e. The van der Waals surface area contributed by atoms with Crippen LogP contribution in [0.5, 0.6) is 57.5 Å². The Morgan fingerprint density at radius 3 is 1.27 bits per heavy atom. The fourth-order valence-corrected chi connectivity index (χ4v) is 15.7. The second-order valence-corrected chi connectivity index (χ2v) is 25.7. The largest absolute Gasteiger partial charge is 0.490 e. The average Bonchev–Trinajstić information content (AvgIpc) is 0.727. The zero-order valence-electron chi connectivity index (χ0n) is 54.8. The van der Waals surface area contributed by atoms with Crippen LogP contribution in [-0.2, 0) is 41.6 Å². The molecule has 12 heteroatoms. The summed E-state index contributed by atoms with van der Waals surface area (Å²) in [5.74, 6) is 7.58. The Labute approximate surface area is 543 Å². The zero-order valence-corrected chi connectivity index (χ0v) is 54.8. The van der Waals surface area contributed by atoms with Gasteiger partial charge in [0.05, 0.1) is 26.4 Å². The predicted molar refractivity (Wildman–Crippen MR) is 368 cm³/mol. The van der Waals surface area contributed by atoms with E-state index in [9.17, 15) is 0 Å². The van der Waals surface area contributed by atoms with E-state index in [1.54, 1.807) is 0 Å². The van der Waals surface area contributed by atoms with E-state index >= 15 is 0 Å². The lowest BCUT2D eigenvalue weighted by Crippen LogP contribution is -2.24. The lowest BCUT2D eigenvalue weighted by Gasteiger charge is -2.35. The van der Waals surface area contributed by atoms with E-state index in [2.05, 4.69) is 92.8 Å². The van der Waals surface area contributed by atoms with Crippen molar-refractivity contribution in [2.75, 3.05) is 53.6 Å². The van der Waals surface area contributed by atoms with Crippen molar-refractivity contribution in [2.24, 2.45) is 0 Å². The Morgan fingerprint density at radius 1 is 0.359 bits per heavy atom. The summed E-state index contributed by atoms with van der Waals surface area (Å²) in [6, 6.07) is 6.41. The predicted octanol–water partition coefficient (Wildman–Crippen LogP) is 20.3. The second-order valence-electron chi connectivity index (χ2n) is 25.7. The summed E-state index contributed by atoms with van der Waals surface area (Å²) in [6.45, 7) is 10.6. The van der Waals surface area contributed by atoms with Crippen molar-refractivity contribution in [3.8, 4) is 57.5 Å². The van der Waals surface area contributed by atoms with Crippen LogP contribution in [0, 0.1) is 0 Å². The average molecular weight is 1250 g/mol. The number of benzene rings is 6. The van der Waals surface area contributed by atoms with Gasteiger partial charge in [0.1, 0.15) is 11.9 Å². The molecular formula is C80H92O12. The molecule has 8 aliphatic rings. The molecule has 0 saturated heterocycles. The molecule has 92 heavy (non-hydrogen) atoms. The highest BCUT2D eigenvalue weighted by atomic mass is 16.7. The Bertz CT molecular complexity index is 3950. The molecule has 0 bridgehead atoms. The SMILES string of the molecule is CCCCCCCCCCCCOc1c(OCC)c2c3c(c4c(c5c3c1C=CC5)OCOc1c(c3c5c(c6c(c7c5c1C=CC7)OCOC1C(=C5C=CCc7c(OCC)c(OCCCCCCCCCCCC)c8cccc1c8c75)OCO6)CC=C3)OCO4)CC=C2. The fourth-order valence-electron chi connectivity index (χ4n) is 15.7. The van der Waals surface area contributed by atoms with Crippen LogP contribution in [-0.4, -0.2) is 53.6 Å². The van der Waals surface area contributed by atoms with Gasteiger partial charge in [-0.1, -0.05) is 208 Å². The summed E-state index contributed by atoms with van der Waals surface area (Å²) < 4.78 is 82.6. The first-order chi connectivity index (χ1) is 45.6. The summed E-state index contributed by atoms with van der Waals surface area (Å²) in [7, 11) is 0. The minimum absolute atomic E-state index is 0.0650. The van der Waals surface area contributed by atoms with Gasteiger partial charge in [-0.05, 0) is 64.4 Å². The van der Waals surface area contributed by atoms with Gasteiger partial charge in [0.25, 0.3) is 0 Å². The van der Waals surface area contributed by atoms with Crippen molar-refractivity contribution in [2.45, 2.75) is 194 Å². The van der Waals surface area contributed by atoms with Crippen molar-refractivity contribution in [3.63, 3.8) is 0 Å². The molecule has 0 aromatic heterocycles. The summed E-state index contributed by atoms with van der Waals surface area (Å²) in [6.07, 6.45) is 49.6. The van der Waals surface area contributed by atoms with Crippen LogP contribution >= 0.6 is 0 Å². The molecule has 0 saturated carbocycles. The molecule has 2 aliphatic heterocycles. The van der Waals surface area contributed by atoms with Crippen LogP contribution in [0.3, 0.4) is 0 Å². The zero-order chi connectivity index (χ0) is 62.3. The maximum absolute atomic E-state index is 7.02. The van der Waals surface area contributed by atoms with Crippen molar-refractivity contribution < 1.29 is 56.8 Å². The van der Waals surface area contributed by atoms with Crippen molar-refractivity contribution >= 4 is 62.2 Å². The maximum atomic E-state index is 7.02. The van der Waals surface area contributed by atoms with E-state index in [1.165, 1.54) is 103 Å². The molecule has 0 fully saturated rings. The molecule has 0 spiro atoms. The highest BCUT2D eigenvalue weighted by Crippen LogP contribution is 2.59. The number of fused-ring (bicyclic) bond motifs is 11. The highest BCUT2D eigenvalue weighted by molar-refractivity contribution is 6.11. The molecule has 2 heterocycles. The summed E-state index contributed by atoms with van der Waals surface area (Å²) >= 11 is 0. The molecular weight excluding hydrogens is 1150 g/mol. The number of unbranched alkanes of at least 4 members (excludes halogenated alkanes) is 18. The van der Waals surface area contributed by atoms with Gasteiger partial charge >= 0.3 is 0 Å². The van der Waals surface area contributed by atoms with Crippen molar-refractivity contribution in [1.29, 1.82) is 0 Å². The molecule has 1 unspecified atom stereocenters. The standard InChI is InChI=1S/C80H92O12/c1-5-9-11-13-15-17-19-21-23-25-45-83-71-53-35-29-39-57-65(53)63-51(69(71)81-7-3)33-27-37-55(63)73-75(57)87-49-91-79-61-43-32-44-62-68(61)67-59(77(79)89-47-85-73)41-31-42-60(67)78-80(62)92-50-88-76-58-40-30-36-54-66(58)64-52(34-28-38-56(64)74(76)86-48-90-78)70(82-8-4)72(54)84-46-26-24-22-20-18-16-14-12-10-6-2/h27-33,35-36,38,40-41,43,76H,5-26,34,37,39,42,44-50H2,1-4H3. The number of hydrogen-bond acceptors (Lipinski definition) is 12. The molecule has 1 atom stereocenters. The molecule has 14 rings (SSSR count). The number of allylic oxidation sites excluding steroid dienone is 7.